The molecule has 0 aromatic heterocycles. The maximum atomic E-state index is 11.1. The molecule has 0 aliphatic heterocycles. The molecule has 0 spiro atoms. The highest BCUT2D eigenvalue weighted by molar-refractivity contribution is 7.80. The van der Waals surface area contributed by atoms with E-state index in [1.807, 2.05) is 0 Å². The van der Waals surface area contributed by atoms with Crippen molar-refractivity contribution in [3.05, 3.63) is 23.8 Å². The summed E-state index contributed by atoms with van der Waals surface area (Å²) in [5.74, 6) is -0.217. The van der Waals surface area contributed by atoms with Crippen LogP contribution in [0.4, 0.5) is 5.69 Å². The number of benzene rings is 1. The Bertz CT molecular complexity index is 388. The summed E-state index contributed by atoms with van der Waals surface area (Å²) >= 11 is 4.16. The smallest absolute Gasteiger partial charge is 0.221 e. The second-order valence-corrected chi connectivity index (χ2v) is 3.45. The quantitative estimate of drug-likeness (QED) is 0.579. The Morgan fingerprint density at radius 1 is 1.29 bits per heavy atom. The summed E-state index contributed by atoms with van der Waals surface area (Å²) in [6, 6.07) is 4.98. The van der Waals surface area contributed by atoms with Crippen molar-refractivity contribution in [1.29, 1.82) is 0 Å². The van der Waals surface area contributed by atoms with Gasteiger partial charge in [-0.25, -0.2) is 0 Å². The van der Waals surface area contributed by atoms with Crippen molar-refractivity contribution >= 4 is 30.0 Å². The molecule has 1 aromatic rings. The van der Waals surface area contributed by atoms with Gasteiger partial charge in [-0.05, 0) is 19.1 Å². The number of anilines is 1. The number of thiol groups is 1. The van der Waals surface area contributed by atoms with Crippen LogP contribution in [-0.2, 0) is 4.79 Å². The zero-order chi connectivity index (χ0) is 10.7. The minimum absolute atomic E-state index is 0.0371. The molecular formula is C10H11NO2S. The van der Waals surface area contributed by atoms with E-state index >= 15 is 0 Å². The summed E-state index contributed by atoms with van der Waals surface area (Å²) < 4.78 is 0. The molecule has 1 N–H and O–H groups in total. The fourth-order valence-electron chi connectivity index (χ4n) is 1.04. The third-order valence-corrected chi connectivity index (χ3v) is 2.10. The molecule has 0 bridgehead atoms. The van der Waals surface area contributed by atoms with E-state index in [1.165, 1.54) is 13.8 Å². The van der Waals surface area contributed by atoms with E-state index in [-0.39, 0.29) is 11.7 Å². The molecule has 0 saturated carbocycles. The second-order valence-electron chi connectivity index (χ2n) is 2.97. The van der Waals surface area contributed by atoms with Gasteiger partial charge in [-0.2, -0.15) is 0 Å². The number of carbonyl (C=O) groups excluding carboxylic acids is 2. The predicted molar refractivity (Wildman–Crippen MR) is 58.0 cm³/mol. The van der Waals surface area contributed by atoms with Gasteiger partial charge in [0, 0.05) is 17.4 Å². The van der Waals surface area contributed by atoms with Crippen LogP contribution in [0.2, 0.25) is 0 Å². The first-order valence-electron chi connectivity index (χ1n) is 4.12. The Kier molecular flexibility index (Phi) is 3.30. The van der Waals surface area contributed by atoms with Crippen molar-refractivity contribution in [2.45, 2.75) is 18.7 Å². The number of carbonyl (C=O) groups is 2. The summed E-state index contributed by atoms with van der Waals surface area (Å²) in [6.07, 6.45) is 0. The lowest BCUT2D eigenvalue weighted by Crippen LogP contribution is -2.07. The molecular weight excluding hydrogens is 198 g/mol. The first-order chi connectivity index (χ1) is 6.50. The van der Waals surface area contributed by atoms with E-state index < -0.39 is 0 Å². The van der Waals surface area contributed by atoms with Gasteiger partial charge in [0.15, 0.2) is 5.78 Å². The summed E-state index contributed by atoms with van der Waals surface area (Å²) in [6.45, 7) is 2.89. The third kappa shape index (κ3) is 2.60. The number of hydrogen-bond donors (Lipinski definition) is 2. The van der Waals surface area contributed by atoms with Crippen molar-refractivity contribution in [2.24, 2.45) is 0 Å². The van der Waals surface area contributed by atoms with Crippen LogP contribution in [0, 0.1) is 0 Å². The molecule has 74 valence electrons. The van der Waals surface area contributed by atoms with Gasteiger partial charge in [0.25, 0.3) is 0 Å². The average Bonchev–Trinajstić information content (AvgIpc) is 2.07. The van der Waals surface area contributed by atoms with Crippen molar-refractivity contribution in [3.63, 3.8) is 0 Å². The van der Waals surface area contributed by atoms with Crippen LogP contribution in [0.1, 0.15) is 24.2 Å². The SMILES string of the molecule is CC(=O)Nc1cc(C(C)=O)ccc1S. The molecule has 0 radical (unpaired) electrons. The highest BCUT2D eigenvalue weighted by atomic mass is 32.1. The monoisotopic (exact) mass is 209 g/mol. The van der Waals surface area contributed by atoms with E-state index in [4.69, 9.17) is 0 Å². The van der Waals surface area contributed by atoms with Gasteiger partial charge in [0.05, 0.1) is 5.69 Å². The maximum Gasteiger partial charge on any atom is 0.221 e. The molecule has 0 fully saturated rings. The molecule has 0 heterocycles. The van der Waals surface area contributed by atoms with Crippen LogP contribution in [0.5, 0.6) is 0 Å². The molecule has 14 heavy (non-hydrogen) atoms. The van der Waals surface area contributed by atoms with Gasteiger partial charge in [0.2, 0.25) is 5.91 Å². The largest absolute Gasteiger partial charge is 0.325 e. The number of hydrogen-bond acceptors (Lipinski definition) is 3. The van der Waals surface area contributed by atoms with Crippen LogP contribution in [0.25, 0.3) is 0 Å². The van der Waals surface area contributed by atoms with E-state index in [0.717, 1.165) is 0 Å². The van der Waals surface area contributed by atoms with Gasteiger partial charge < -0.3 is 5.32 Å². The Hall–Kier alpha value is -1.29. The van der Waals surface area contributed by atoms with Crippen LogP contribution in [-0.4, -0.2) is 11.7 Å². The molecule has 0 saturated heterocycles. The van der Waals surface area contributed by atoms with Crippen molar-refractivity contribution < 1.29 is 9.59 Å². The number of nitrogens with one attached hydrogen (secondary N) is 1. The van der Waals surface area contributed by atoms with Crippen molar-refractivity contribution in [3.8, 4) is 0 Å². The lowest BCUT2D eigenvalue weighted by atomic mass is 10.1. The topological polar surface area (TPSA) is 46.2 Å². The maximum absolute atomic E-state index is 11.1. The summed E-state index contributed by atoms with van der Waals surface area (Å²) in [4.78, 5) is 22.5. The standard InChI is InChI=1S/C10H11NO2S/c1-6(12)8-3-4-10(14)9(5-8)11-7(2)13/h3-5,14H,1-2H3,(H,11,13). The van der Waals surface area contributed by atoms with Gasteiger partial charge in [-0.3, -0.25) is 9.59 Å². The molecule has 1 rings (SSSR count). The first-order valence-corrected chi connectivity index (χ1v) is 4.57. The average molecular weight is 209 g/mol. The molecule has 0 unspecified atom stereocenters. The lowest BCUT2D eigenvalue weighted by molar-refractivity contribution is -0.114. The zero-order valence-corrected chi connectivity index (χ0v) is 8.89. The highest BCUT2D eigenvalue weighted by Gasteiger charge is 2.05. The molecule has 0 atom stereocenters. The van der Waals surface area contributed by atoms with E-state index in [9.17, 15) is 9.59 Å². The Labute approximate surface area is 87.9 Å². The summed E-state index contributed by atoms with van der Waals surface area (Å²) in [5, 5.41) is 2.60. The Morgan fingerprint density at radius 3 is 2.43 bits per heavy atom. The van der Waals surface area contributed by atoms with E-state index in [0.29, 0.717) is 16.1 Å². The molecule has 1 aromatic carbocycles. The van der Waals surface area contributed by atoms with Gasteiger partial charge in [-0.15, -0.1) is 12.6 Å². The highest BCUT2D eigenvalue weighted by Crippen LogP contribution is 2.21. The fraction of sp³-hybridized carbons (Fsp3) is 0.200. The lowest BCUT2D eigenvalue weighted by Gasteiger charge is -2.06. The van der Waals surface area contributed by atoms with Gasteiger partial charge in [-0.1, -0.05) is 6.07 Å². The third-order valence-electron chi connectivity index (χ3n) is 1.71. The van der Waals surface area contributed by atoms with E-state index in [2.05, 4.69) is 17.9 Å². The van der Waals surface area contributed by atoms with Gasteiger partial charge in [0.1, 0.15) is 0 Å². The normalized spacial score (nSPS) is 9.64. The summed E-state index contributed by atoms with van der Waals surface area (Å²) in [7, 11) is 0. The first kappa shape index (κ1) is 10.8. The minimum atomic E-state index is -0.180. The molecule has 1 amide bonds. The zero-order valence-electron chi connectivity index (χ0n) is 8.00. The summed E-state index contributed by atoms with van der Waals surface area (Å²) in [5.41, 5.74) is 1.13. The molecule has 0 aliphatic rings. The van der Waals surface area contributed by atoms with Crippen molar-refractivity contribution in [2.75, 3.05) is 5.32 Å². The second kappa shape index (κ2) is 4.28. The molecule has 3 nitrogen and oxygen atoms in total. The predicted octanol–water partition coefficient (Wildman–Crippen LogP) is 2.14. The Balaban J connectivity index is 3.08. The van der Waals surface area contributed by atoms with Crippen LogP contribution >= 0.6 is 12.6 Å². The number of amides is 1. The van der Waals surface area contributed by atoms with Crippen LogP contribution < -0.4 is 5.32 Å². The van der Waals surface area contributed by atoms with Gasteiger partial charge >= 0.3 is 0 Å². The number of Topliss-reactive ketones (excluding diaryl/α,β-unsaturated/α-hetero) is 1. The Morgan fingerprint density at radius 2 is 1.93 bits per heavy atom. The van der Waals surface area contributed by atoms with E-state index in [1.54, 1.807) is 18.2 Å². The van der Waals surface area contributed by atoms with Crippen molar-refractivity contribution in [1.82, 2.24) is 0 Å². The molecule has 4 heteroatoms. The van der Waals surface area contributed by atoms with Crippen LogP contribution in [0.3, 0.4) is 0 Å². The number of rotatable bonds is 2. The molecule has 0 aliphatic carbocycles. The fourth-order valence-corrected chi connectivity index (χ4v) is 1.24. The minimum Gasteiger partial charge on any atom is -0.325 e. The number of ketones is 1. The van der Waals surface area contributed by atoms with Crippen LogP contribution in [0.15, 0.2) is 23.1 Å².